The third-order valence-electron chi connectivity index (χ3n) is 4.09. The predicted molar refractivity (Wildman–Crippen MR) is 87.5 cm³/mol. The van der Waals surface area contributed by atoms with Gasteiger partial charge in [0.15, 0.2) is 0 Å². The number of carbonyl (C=O) groups is 2. The molecule has 120 valence electrons. The highest BCUT2D eigenvalue weighted by atomic mass is 16.2. The van der Waals surface area contributed by atoms with Crippen LogP contribution >= 0.6 is 0 Å². The normalized spacial score (nSPS) is 14.3. The van der Waals surface area contributed by atoms with Gasteiger partial charge in [-0.05, 0) is 54.8 Å². The van der Waals surface area contributed by atoms with Crippen LogP contribution in [0.25, 0.3) is 0 Å². The van der Waals surface area contributed by atoms with Crippen molar-refractivity contribution in [3.63, 3.8) is 0 Å². The number of anilines is 1. The first-order valence-corrected chi connectivity index (χ1v) is 7.63. The molecule has 6 nitrogen and oxygen atoms in total. The Labute approximate surface area is 139 Å². The summed E-state index contributed by atoms with van der Waals surface area (Å²) in [5, 5.41) is 14.4. The molecule has 1 aromatic heterocycles. The van der Waals surface area contributed by atoms with Gasteiger partial charge in [-0.15, -0.1) is 0 Å². The van der Waals surface area contributed by atoms with Crippen molar-refractivity contribution < 1.29 is 9.59 Å². The van der Waals surface area contributed by atoms with Crippen LogP contribution in [0, 0.1) is 16.7 Å². The van der Waals surface area contributed by atoms with E-state index in [1.807, 2.05) is 18.2 Å². The van der Waals surface area contributed by atoms with Gasteiger partial charge in [-0.1, -0.05) is 0 Å². The number of pyridine rings is 1. The summed E-state index contributed by atoms with van der Waals surface area (Å²) < 4.78 is 0. The summed E-state index contributed by atoms with van der Waals surface area (Å²) >= 11 is 0. The summed E-state index contributed by atoms with van der Waals surface area (Å²) in [6.45, 7) is 0.368. The van der Waals surface area contributed by atoms with Gasteiger partial charge in [-0.25, -0.2) is 0 Å². The van der Waals surface area contributed by atoms with Crippen LogP contribution in [0.3, 0.4) is 0 Å². The maximum Gasteiger partial charge on any atom is 0.240 e. The standard InChI is InChI=1S/C18H16N4O2/c19-11-13-1-3-15(4-2-13)22-17(24)18(7-8-18)16(23)21-12-14-5-9-20-10-6-14/h1-6,9-10H,7-8,12H2,(H,21,23)(H,22,24). The molecule has 0 saturated heterocycles. The van der Waals surface area contributed by atoms with Crippen molar-refractivity contribution in [3.8, 4) is 6.07 Å². The number of nitrogens with one attached hydrogen (secondary N) is 2. The Hall–Kier alpha value is -3.20. The van der Waals surface area contributed by atoms with E-state index in [9.17, 15) is 9.59 Å². The molecular weight excluding hydrogens is 304 g/mol. The first-order chi connectivity index (χ1) is 11.6. The number of hydrogen-bond acceptors (Lipinski definition) is 4. The van der Waals surface area contributed by atoms with Crippen LogP contribution in [0.1, 0.15) is 24.0 Å². The summed E-state index contributed by atoms with van der Waals surface area (Å²) in [4.78, 5) is 28.8. The lowest BCUT2D eigenvalue weighted by molar-refractivity contribution is -0.134. The van der Waals surface area contributed by atoms with Crippen LogP contribution in [-0.4, -0.2) is 16.8 Å². The zero-order chi connectivity index (χ0) is 17.0. The van der Waals surface area contributed by atoms with Crippen LogP contribution in [0.15, 0.2) is 48.8 Å². The third kappa shape index (κ3) is 3.25. The molecule has 0 atom stereocenters. The summed E-state index contributed by atoms with van der Waals surface area (Å²) in [7, 11) is 0. The van der Waals surface area contributed by atoms with Crippen molar-refractivity contribution in [1.82, 2.24) is 10.3 Å². The summed E-state index contributed by atoms with van der Waals surface area (Å²) in [6, 6.07) is 12.2. The number of nitrogens with zero attached hydrogens (tertiary/aromatic N) is 2. The number of benzene rings is 1. The Morgan fingerprint density at radius 2 is 1.75 bits per heavy atom. The van der Waals surface area contributed by atoms with Crippen LogP contribution < -0.4 is 10.6 Å². The van der Waals surface area contributed by atoms with Gasteiger partial charge in [0.25, 0.3) is 0 Å². The van der Waals surface area contributed by atoms with E-state index in [-0.39, 0.29) is 11.8 Å². The average molecular weight is 320 g/mol. The second-order valence-electron chi connectivity index (χ2n) is 5.76. The summed E-state index contributed by atoms with van der Waals surface area (Å²) in [5.74, 6) is -0.565. The molecule has 6 heteroatoms. The Morgan fingerprint density at radius 3 is 2.33 bits per heavy atom. The Bertz CT molecular complexity index is 790. The van der Waals surface area contributed by atoms with Gasteiger partial charge < -0.3 is 10.6 Å². The van der Waals surface area contributed by atoms with E-state index in [1.165, 1.54) is 0 Å². The molecule has 2 N–H and O–H groups in total. The minimum absolute atomic E-state index is 0.259. The van der Waals surface area contributed by atoms with Crippen LogP contribution in [0.5, 0.6) is 0 Å². The number of rotatable bonds is 5. The molecule has 1 aliphatic rings. The van der Waals surface area contributed by atoms with Crippen LogP contribution in [0.4, 0.5) is 5.69 Å². The highest BCUT2D eigenvalue weighted by Crippen LogP contribution is 2.46. The van der Waals surface area contributed by atoms with E-state index < -0.39 is 5.41 Å². The van der Waals surface area contributed by atoms with Crippen molar-refractivity contribution in [2.24, 2.45) is 5.41 Å². The number of nitriles is 1. The third-order valence-corrected chi connectivity index (χ3v) is 4.09. The second-order valence-corrected chi connectivity index (χ2v) is 5.76. The van der Waals surface area contributed by atoms with E-state index in [2.05, 4.69) is 15.6 Å². The van der Waals surface area contributed by atoms with E-state index >= 15 is 0 Å². The second kappa shape index (κ2) is 6.50. The van der Waals surface area contributed by atoms with Crippen molar-refractivity contribution in [2.45, 2.75) is 19.4 Å². The van der Waals surface area contributed by atoms with Crippen molar-refractivity contribution in [1.29, 1.82) is 5.26 Å². The van der Waals surface area contributed by atoms with Crippen molar-refractivity contribution >= 4 is 17.5 Å². The predicted octanol–water partition coefficient (Wildman–Crippen LogP) is 1.99. The first kappa shape index (κ1) is 15.7. The number of hydrogen-bond donors (Lipinski definition) is 2. The van der Waals surface area contributed by atoms with Gasteiger partial charge in [0.2, 0.25) is 11.8 Å². The zero-order valence-corrected chi connectivity index (χ0v) is 13.0. The average Bonchev–Trinajstić information content (AvgIpc) is 3.43. The highest BCUT2D eigenvalue weighted by Gasteiger charge is 2.56. The molecule has 2 amide bonds. The molecule has 1 aromatic carbocycles. The fourth-order valence-electron chi connectivity index (χ4n) is 2.41. The first-order valence-electron chi connectivity index (χ1n) is 7.63. The SMILES string of the molecule is N#Cc1ccc(NC(=O)C2(C(=O)NCc3ccncc3)CC2)cc1. The molecule has 1 fully saturated rings. The lowest BCUT2D eigenvalue weighted by Crippen LogP contribution is -2.39. The molecule has 2 aromatic rings. The van der Waals surface area contributed by atoms with Gasteiger partial charge in [-0.3, -0.25) is 14.6 Å². The molecule has 0 aliphatic heterocycles. The fourth-order valence-corrected chi connectivity index (χ4v) is 2.41. The van der Waals surface area contributed by atoms with Gasteiger partial charge in [0.05, 0.1) is 11.6 Å². The minimum Gasteiger partial charge on any atom is -0.351 e. The molecule has 0 unspecified atom stereocenters. The van der Waals surface area contributed by atoms with Gasteiger partial charge in [0, 0.05) is 24.6 Å². The molecule has 1 aliphatic carbocycles. The van der Waals surface area contributed by atoms with Gasteiger partial charge in [0.1, 0.15) is 5.41 Å². The van der Waals surface area contributed by atoms with Gasteiger partial charge >= 0.3 is 0 Å². The van der Waals surface area contributed by atoms with Crippen LogP contribution in [-0.2, 0) is 16.1 Å². The molecule has 1 saturated carbocycles. The fraction of sp³-hybridized carbons (Fsp3) is 0.222. The molecule has 0 bridgehead atoms. The molecule has 1 heterocycles. The number of carbonyl (C=O) groups excluding carboxylic acids is 2. The largest absolute Gasteiger partial charge is 0.351 e. The minimum atomic E-state index is -0.985. The molecular formula is C18H16N4O2. The van der Waals surface area contributed by atoms with E-state index in [4.69, 9.17) is 5.26 Å². The molecule has 0 radical (unpaired) electrons. The lowest BCUT2D eigenvalue weighted by Gasteiger charge is -2.15. The Balaban J connectivity index is 1.61. The summed E-state index contributed by atoms with van der Waals surface area (Å²) in [6.07, 6.45) is 4.40. The quantitative estimate of drug-likeness (QED) is 0.824. The van der Waals surface area contributed by atoms with Gasteiger partial charge in [-0.2, -0.15) is 5.26 Å². The maximum absolute atomic E-state index is 12.5. The lowest BCUT2D eigenvalue weighted by atomic mass is 10.0. The van der Waals surface area contributed by atoms with Crippen molar-refractivity contribution in [3.05, 3.63) is 59.9 Å². The number of amides is 2. The Morgan fingerprint density at radius 1 is 1.08 bits per heavy atom. The topological polar surface area (TPSA) is 94.9 Å². The zero-order valence-electron chi connectivity index (χ0n) is 13.0. The van der Waals surface area contributed by atoms with E-state index in [1.54, 1.807) is 36.7 Å². The van der Waals surface area contributed by atoms with Crippen molar-refractivity contribution in [2.75, 3.05) is 5.32 Å². The highest BCUT2D eigenvalue weighted by molar-refractivity contribution is 6.13. The van der Waals surface area contributed by atoms with Crippen LogP contribution in [0.2, 0.25) is 0 Å². The molecule has 24 heavy (non-hydrogen) atoms. The smallest absolute Gasteiger partial charge is 0.240 e. The maximum atomic E-state index is 12.5. The molecule has 3 rings (SSSR count). The number of aromatic nitrogens is 1. The van der Waals surface area contributed by atoms with E-state index in [0.29, 0.717) is 30.6 Å². The summed E-state index contributed by atoms with van der Waals surface area (Å²) in [5.41, 5.74) is 1.04. The Kier molecular flexibility index (Phi) is 4.25. The molecule has 0 spiro atoms. The monoisotopic (exact) mass is 320 g/mol. The van der Waals surface area contributed by atoms with E-state index in [0.717, 1.165) is 5.56 Å².